The summed E-state index contributed by atoms with van der Waals surface area (Å²) in [6.07, 6.45) is -4.46. The second-order valence-electron chi connectivity index (χ2n) is 2.22. The largest absolute Gasteiger partial charge is 1.00 e. The molecule has 1 aromatic heterocycles. The van der Waals surface area contributed by atoms with E-state index in [2.05, 4.69) is 14.6 Å². The second-order valence-corrected chi connectivity index (χ2v) is 2.22. The van der Waals surface area contributed by atoms with Crippen LogP contribution in [0.2, 0.25) is 0 Å². The Kier molecular flexibility index (Phi) is 7.30. The van der Waals surface area contributed by atoms with Crippen LogP contribution in [-0.4, -0.2) is 28.1 Å². The summed E-state index contributed by atoms with van der Waals surface area (Å²) in [5.74, 6) is -0.646. The maximum Gasteiger partial charge on any atom is 1.00 e. The van der Waals surface area contributed by atoms with Gasteiger partial charge in [-0.1, -0.05) is 0 Å². The van der Waals surface area contributed by atoms with Gasteiger partial charge in [-0.3, -0.25) is 0 Å². The molecule has 0 aromatic carbocycles. The number of hydrogen-bond donors (Lipinski definition) is 0. The monoisotopic (exact) mass is 217 g/mol. The Balaban J connectivity index is 0. The maximum atomic E-state index is 11.7. The first-order valence-electron chi connectivity index (χ1n) is 3.28. The normalized spacial score (nSPS) is 10.1. The van der Waals surface area contributed by atoms with Gasteiger partial charge >= 0.3 is 25.0 Å². The molecule has 0 amide bonds. The minimum Gasteiger partial charge on any atom is -0.870 e. The molecule has 0 aliphatic heterocycles. The minimum absolute atomic E-state index is 0. The number of rotatable bonds is 3. The van der Waals surface area contributed by atoms with E-state index in [9.17, 15) is 18.0 Å². The number of aryl methyl sites for hydroxylation is 1. The molecule has 15 heavy (non-hydrogen) atoms. The van der Waals surface area contributed by atoms with Crippen molar-refractivity contribution in [2.75, 3.05) is 0 Å². The summed E-state index contributed by atoms with van der Waals surface area (Å²) in [5, 5.41) is 6.34. The van der Waals surface area contributed by atoms with Gasteiger partial charge in [0, 0.05) is 6.42 Å². The van der Waals surface area contributed by atoms with Crippen molar-refractivity contribution in [1.82, 2.24) is 10.2 Å². The summed E-state index contributed by atoms with van der Waals surface area (Å²) in [6, 6.07) is 0. The Labute approximate surface area is 94.5 Å². The quantitative estimate of drug-likeness (QED) is 0.425. The molecule has 0 aliphatic rings. The van der Waals surface area contributed by atoms with Gasteiger partial charge in [-0.2, -0.15) is 19.5 Å². The van der Waals surface area contributed by atoms with Crippen molar-refractivity contribution in [2.45, 2.75) is 19.0 Å². The predicted octanol–water partition coefficient (Wildman–Crippen LogP) is -2.15. The molecule has 1 heterocycles. The van der Waals surface area contributed by atoms with Gasteiger partial charge in [-0.15, -0.1) is 10.2 Å². The summed E-state index contributed by atoms with van der Waals surface area (Å²) in [7, 11) is 0. The van der Waals surface area contributed by atoms with E-state index in [1.54, 1.807) is 0 Å². The van der Waals surface area contributed by atoms with Gasteiger partial charge in [0.25, 0.3) is 0 Å². The van der Waals surface area contributed by atoms with Crippen LogP contribution in [-0.2, 0) is 11.2 Å². The Hall–Kier alpha value is -0.843. The van der Waals surface area contributed by atoms with Gasteiger partial charge in [0.2, 0.25) is 5.89 Å². The van der Waals surface area contributed by atoms with E-state index in [-0.39, 0.29) is 30.2 Å². The van der Waals surface area contributed by atoms with Crippen LogP contribution in [0.15, 0.2) is 4.42 Å². The Morgan fingerprint density at radius 2 is 1.93 bits per heavy atom. The van der Waals surface area contributed by atoms with E-state index in [4.69, 9.17) is 0 Å². The fraction of sp³-hybridized carbons (Fsp3) is 0.500. The smallest absolute Gasteiger partial charge is 0.870 e. The van der Waals surface area contributed by atoms with Crippen LogP contribution < -0.4 is 18.9 Å². The Morgan fingerprint density at radius 1 is 1.33 bits per heavy atom. The van der Waals surface area contributed by atoms with E-state index in [1.807, 2.05) is 0 Å². The molecule has 1 aromatic rings. The molecule has 9 heteroatoms. The molecule has 1 N–H and O–H groups in total. The number of aromatic nitrogens is 2. The third-order valence-corrected chi connectivity index (χ3v) is 1.18. The molecular formula is C6H5F3LiN2O3-. The van der Waals surface area contributed by atoms with Crippen LogP contribution >= 0.6 is 0 Å². The maximum absolute atomic E-state index is 11.7. The fourth-order valence-electron chi connectivity index (χ4n) is 0.645. The molecule has 0 radical (unpaired) electrons. The van der Waals surface area contributed by atoms with Crippen LogP contribution in [0.25, 0.3) is 0 Å². The number of nitrogens with zero attached hydrogens (tertiary/aromatic N) is 2. The molecule has 0 bridgehead atoms. The molecule has 0 unspecified atom stereocenters. The third kappa shape index (κ3) is 6.27. The molecule has 0 saturated carbocycles. The standard InChI is InChI=1S/C6H4F3N2O2.Li.H2O/c7-6(8,9)2-1-4-10-11-5(3-12)13-4;;/h1-2H2;;1H2/q-1;+1;/p-1. The number of carbonyl (C=O) groups excluding carboxylic acids is 1. The van der Waals surface area contributed by atoms with Gasteiger partial charge in [0.15, 0.2) is 0 Å². The average molecular weight is 217 g/mol. The van der Waals surface area contributed by atoms with Gasteiger partial charge in [0.1, 0.15) is 5.89 Å². The molecule has 80 valence electrons. The zero-order valence-electron chi connectivity index (χ0n) is 7.71. The molecule has 0 aliphatic carbocycles. The van der Waals surface area contributed by atoms with Crippen LogP contribution in [0.5, 0.6) is 0 Å². The predicted molar refractivity (Wildman–Crippen MR) is 35.4 cm³/mol. The van der Waals surface area contributed by atoms with E-state index in [0.29, 0.717) is 0 Å². The molecular weight excluding hydrogens is 212 g/mol. The number of hydrogen-bond acceptors (Lipinski definition) is 5. The summed E-state index contributed by atoms with van der Waals surface area (Å²) in [6.45, 7) is 0. The number of alkyl halides is 3. The topological polar surface area (TPSA) is 86.0 Å². The SMILES string of the molecule is O=[C-]c1nnc(CCC(F)(F)F)o1.[Li+].[OH-]. The summed E-state index contributed by atoms with van der Waals surface area (Å²) in [5.41, 5.74) is 0. The second kappa shape index (κ2) is 6.61. The first kappa shape index (κ1) is 16.6. The zero-order chi connectivity index (χ0) is 9.90. The van der Waals surface area contributed by atoms with Crippen LogP contribution in [0.3, 0.4) is 0 Å². The first-order valence-corrected chi connectivity index (χ1v) is 3.28. The van der Waals surface area contributed by atoms with Crippen molar-refractivity contribution in [3.63, 3.8) is 0 Å². The minimum atomic E-state index is -4.26. The van der Waals surface area contributed by atoms with E-state index < -0.39 is 24.9 Å². The van der Waals surface area contributed by atoms with E-state index in [0.717, 1.165) is 0 Å². The molecule has 0 spiro atoms. The molecule has 1 rings (SSSR count). The summed E-state index contributed by atoms with van der Waals surface area (Å²) in [4.78, 5) is 9.88. The number of halogens is 3. The van der Waals surface area contributed by atoms with Gasteiger partial charge < -0.3 is 14.7 Å². The van der Waals surface area contributed by atoms with Crippen molar-refractivity contribution in [3.8, 4) is 0 Å². The summed E-state index contributed by atoms with van der Waals surface area (Å²) >= 11 is 0. The Morgan fingerprint density at radius 3 is 2.33 bits per heavy atom. The molecule has 0 fully saturated rings. The van der Waals surface area contributed by atoms with Crippen LogP contribution in [0.4, 0.5) is 13.2 Å². The molecule has 0 atom stereocenters. The average Bonchev–Trinajstić information content (AvgIpc) is 2.47. The van der Waals surface area contributed by atoms with Crippen molar-refractivity contribution >= 4 is 6.29 Å². The zero-order valence-corrected chi connectivity index (χ0v) is 7.71. The van der Waals surface area contributed by atoms with Crippen molar-refractivity contribution < 1.29 is 46.7 Å². The summed E-state index contributed by atoms with van der Waals surface area (Å²) < 4.78 is 39.5. The van der Waals surface area contributed by atoms with Gasteiger partial charge in [0.05, 0.1) is 6.42 Å². The van der Waals surface area contributed by atoms with Crippen molar-refractivity contribution in [3.05, 3.63) is 11.8 Å². The van der Waals surface area contributed by atoms with Crippen LogP contribution in [0, 0.1) is 0 Å². The first-order chi connectivity index (χ1) is 6.01. The molecule has 5 nitrogen and oxygen atoms in total. The van der Waals surface area contributed by atoms with Gasteiger partial charge in [-0.25, -0.2) is 0 Å². The van der Waals surface area contributed by atoms with Gasteiger partial charge in [-0.05, 0) is 0 Å². The third-order valence-electron chi connectivity index (χ3n) is 1.18. The Bertz CT molecular complexity index is 302. The fourth-order valence-corrected chi connectivity index (χ4v) is 0.645. The van der Waals surface area contributed by atoms with Crippen molar-refractivity contribution in [1.29, 1.82) is 0 Å². The van der Waals surface area contributed by atoms with Crippen molar-refractivity contribution in [2.24, 2.45) is 0 Å². The molecule has 0 saturated heterocycles. The van der Waals surface area contributed by atoms with E-state index in [1.165, 1.54) is 6.29 Å². The van der Waals surface area contributed by atoms with E-state index >= 15 is 0 Å². The van der Waals surface area contributed by atoms with Crippen LogP contribution in [0.1, 0.15) is 18.2 Å².